The molecule has 1 aliphatic heterocycles. The van der Waals surface area contributed by atoms with Crippen molar-refractivity contribution in [3.63, 3.8) is 0 Å². The Morgan fingerprint density at radius 3 is 2.73 bits per heavy atom. The van der Waals surface area contributed by atoms with Crippen LogP contribution in [0.25, 0.3) is 6.08 Å². The Balaban J connectivity index is 1.91. The Hall–Kier alpha value is -2.21. The number of nitrogens with one attached hydrogen (secondary N) is 1. The van der Waals surface area contributed by atoms with Crippen LogP contribution in [-0.4, -0.2) is 37.7 Å². The van der Waals surface area contributed by atoms with Crippen molar-refractivity contribution in [2.24, 2.45) is 5.92 Å². The molecule has 0 radical (unpaired) electrons. The van der Waals surface area contributed by atoms with Crippen molar-refractivity contribution >= 4 is 29.6 Å². The standard InChI is InChI=1S/C19H24ClNO5/c1-12(2)13(3)21-17(22)11-26-18(23)6-5-14-9-15(20)19-16(10-14)24-7-4-8-25-19/h5-6,9-10,12-13H,4,7-8,11H2,1-3H3,(H,21,22)/b6-5+. The van der Waals surface area contributed by atoms with Crippen LogP contribution >= 0.6 is 11.6 Å². The van der Waals surface area contributed by atoms with Gasteiger partial charge < -0.3 is 19.5 Å². The van der Waals surface area contributed by atoms with E-state index < -0.39 is 5.97 Å². The maximum absolute atomic E-state index is 11.8. The molecular weight excluding hydrogens is 358 g/mol. The predicted octanol–water partition coefficient (Wildman–Crippen LogP) is 3.22. The van der Waals surface area contributed by atoms with Gasteiger partial charge in [-0.3, -0.25) is 4.79 Å². The minimum Gasteiger partial charge on any atom is -0.489 e. The van der Waals surface area contributed by atoms with Gasteiger partial charge in [-0.15, -0.1) is 0 Å². The topological polar surface area (TPSA) is 73.9 Å². The van der Waals surface area contributed by atoms with Crippen LogP contribution in [0.4, 0.5) is 0 Å². The zero-order chi connectivity index (χ0) is 19.1. The van der Waals surface area contributed by atoms with Crippen LogP contribution in [0.1, 0.15) is 32.8 Å². The van der Waals surface area contributed by atoms with Crippen LogP contribution in [0.3, 0.4) is 0 Å². The summed E-state index contributed by atoms with van der Waals surface area (Å²) in [5.74, 6) is 0.427. The average molecular weight is 382 g/mol. The minimum atomic E-state index is -0.611. The lowest BCUT2D eigenvalue weighted by atomic mass is 10.1. The normalized spacial score (nSPS) is 14.8. The number of fused-ring (bicyclic) bond motifs is 1. The SMILES string of the molecule is CC(C)C(C)NC(=O)COC(=O)/C=C/c1cc(Cl)c2c(c1)OCCCO2. The molecule has 1 unspecified atom stereocenters. The molecule has 7 heteroatoms. The fraction of sp³-hybridized carbons (Fsp3) is 0.474. The molecule has 0 saturated heterocycles. The molecule has 1 atom stereocenters. The number of benzene rings is 1. The quantitative estimate of drug-likeness (QED) is 0.605. The van der Waals surface area contributed by atoms with Crippen molar-refractivity contribution in [1.29, 1.82) is 0 Å². The molecule has 1 aliphatic rings. The molecule has 0 aromatic heterocycles. The van der Waals surface area contributed by atoms with Gasteiger partial charge in [-0.1, -0.05) is 25.4 Å². The third-order valence-corrected chi connectivity index (χ3v) is 4.25. The molecule has 1 aromatic carbocycles. The summed E-state index contributed by atoms with van der Waals surface area (Å²) in [6, 6.07) is 3.43. The molecular formula is C19H24ClNO5. The van der Waals surface area contributed by atoms with E-state index in [0.29, 0.717) is 41.2 Å². The fourth-order valence-corrected chi connectivity index (χ4v) is 2.43. The van der Waals surface area contributed by atoms with E-state index in [0.717, 1.165) is 6.42 Å². The van der Waals surface area contributed by atoms with Crippen LogP contribution in [0, 0.1) is 5.92 Å². The van der Waals surface area contributed by atoms with E-state index >= 15 is 0 Å². The lowest BCUT2D eigenvalue weighted by Crippen LogP contribution is -2.38. The highest BCUT2D eigenvalue weighted by atomic mass is 35.5. The summed E-state index contributed by atoms with van der Waals surface area (Å²) in [7, 11) is 0. The Morgan fingerprint density at radius 1 is 1.27 bits per heavy atom. The molecule has 1 amide bonds. The van der Waals surface area contributed by atoms with Gasteiger partial charge in [0, 0.05) is 18.5 Å². The largest absolute Gasteiger partial charge is 0.489 e. The van der Waals surface area contributed by atoms with E-state index in [-0.39, 0.29) is 18.6 Å². The van der Waals surface area contributed by atoms with Crippen LogP contribution in [0.5, 0.6) is 11.5 Å². The summed E-state index contributed by atoms with van der Waals surface area (Å²) in [5.41, 5.74) is 0.675. The maximum atomic E-state index is 11.8. The number of hydrogen-bond donors (Lipinski definition) is 1. The molecule has 0 saturated carbocycles. The van der Waals surface area contributed by atoms with Gasteiger partial charge in [0.1, 0.15) is 0 Å². The first-order valence-electron chi connectivity index (χ1n) is 8.60. The number of esters is 1. The molecule has 0 fully saturated rings. The Labute approximate surface area is 158 Å². The van der Waals surface area contributed by atoms with Crippen molar-refractivity contribution in [2.75, 3.05) is 19.8 Å². The highest BCUT2D eigenvalue weighted by Crippen LogP contribution is 2.38. The van der Waals surface area contributed by atoms with Gasteiger partial charge in [0.05, 0.1) is 18.2 Å². The van der Waals surface area contributed by atoms with E-state index in [2.05, 4.69) is 5.32 Å². The summed E-state index contributed by atoms with van der Waals surface area (Å²) in [6.07, 6.45) is 3.58. The lowest BCUT2D eigenvalue weighted by Gasteiger charge is -2.17. The van der Waals surface area contributed by atoms with Crippen molar-refractivity contribution in [3.05, 3.63) is 28.8 Å². The highest BCUT2D eigenvalue weighted by Gasteiger charge is 2.15. The average Bonchev–Trinajstić information content (AvgIpc) is 2.83. The lowest BCUT2D eigenvalue weighted by molar-refractivity contribution is -0.144. The molecule has 0 spiro atoms. The molecule has 0 bridgehead atoms. The number of hydrogen-bond acceptors (Lipinski definition) is 5. The number of rotatable bonds is 6. The second kappa shape index (κ2) is 9.48. The fourth-order valence-electron chi connectivity index (χ4n) is 2.16. The van der Waals surface area contributed by atoms with Crippen LogP contribution in [0.2, 0.25) is 5.02 Å². The summed E-state index contributed by atoms with van der Waals surface area (Å²) >= 11 is 6.20. The van der Waals surface area contributed by atoms with E-state index in [1.807, 2.05) is 20.8 Å². The zero-order valence-corrected chi connectivity index (χ0v) is 16.0. The van der Waals surface area contributed by atoms with Crippen molar-refractivity contribution in [1.82, 2.24) is 5.32 Å². The number of carbonyl (C=O) groups excluding carboxylic acids is 2. The van der Waals surface area contributed by atoms with Gasteiger partial charge in [0.2, 0.25) is 0 Å². The van der Waals surface area contributed by atoms with Crippen LogP contribution in [0.15, 0.2) is 18.2 Å². The van der Waals surface area contributed by atoms with Gasteiger partial charge in [0.25, 0.3) is 5.91 Å². The molecule has 6 nitrogen and oxygen atoms in total. The summed E-state index contributed by atoms with van der Waals surface area (Å²) in [6.45, 7) is 6.68. The predicted molar refractivity (Wildman–Crippen MR) is 99.5 cm³/mol. The van der Waals surface area contributed by atoms with E-state index in [9.17, 15) is 9.59 Å². The molecule has 1 N–H and O–H groups in total. The van der Waals surface area contributed by atoms with Crippen LogP contribution in [-0.2, 0) is 14.3 Å². The van der Waals surface area contributed by atoms with Crippen molar-refractivity contribution in [3.8, 4) is 11.5 Å². The smallest absolute Gasteiger partial charge is 0.331 e. The van der Waals surface area contributed by atoms with Crippen molar-refractivity contribution < 1.29 is 23.8 Å². The van der Waals surface area contributed by atoms with Gasteiger partial charge in [-0.2, -0.15) is 0 Å². The number of halogens is 1. The van der Waals surface area contributed by atoms with Crippen LogP contribution < -0.4 is 14.8 Å². The second-order valence-electron chi connectivity index (χ2n) is 6.42. The van der Waals surface area contributed by atoms with Gasteiger partial charge in [-0.05, 0) is 36.6 Å². The van der Waals surface area contributed by atoms with E-state index in [4.69, 9.17) is 25.8 Å². The summed E-state index contributed by atoms with van der Waals surface area (Å²) < 4.78 is 16.1. The van der Waals surface area contributed by atoms with Gasteiger partial charge >= 0.3 is 5.97 Å². The first-order valence-corrected chi connectivity index (χ1v) is 8.98. The Kier molecular flexibility index (Phi) is 7.33. The molecule has 142 valence electrons. The van der Waals surface area contributed by atoms with Crippen molar-refractivity contribution in [2.45, 2.75) is 33.2 Å². The first-order chi connectivity index (χ1) is 12.4. The molecule has 1 heterocycles. The third-order valence-electron chi connectivity index (χ3n) is 3.97. The number of carbonyl (C=O) groups is 2. The third kappa shape index (κ3) is 5.95. The second-order valence-corrected chi connectivity index (χ2v) is 6.83. The highest BCUT2D eigenvalue weighted by molar-refractivity contribution is 6.32. The van der Waals surface area contributed by atoms with E-state index in [1.54, 1.807) is 18.2 Å². The number of amides is 1. The molecule has 1 aromatic rings. The summed E-state index contributed by atoms with van der Waals surface area (Å²) in [5, 5.41) is 3.18. The van der Waals surface area contributed by atoms with E-state index in [1.165, 1.54) is 6.08 Å². The Morgan fingerprint density at radius 2 is 2.00 bits per heavy atom. The number of ether oxygens (including phenoxy) is 3. The molecule has 26 heavy (non-hydrogen) atoms. The first kappa shape index (κ1) is 20.1. The molecule has 0 aliphatic carbocycles. The monoisotopic (exact) mass is 381 g/mol. The molecule has 2 rings (SSSR count). The summed E-state index contributed by atoms with van der Waals surface area (Å²) in [4.78, 5) is 23.5. The zero-order valence-electron chi connectivity index (χ0n) is 15.2. The Bertz CT molecular complexity index is 687. The van der Waals surface area contributed by atoms with Gasteiger partial charge in [-0.25, -0.2) is 4.79 Å². The van der Waals surface area contributed by atoms with Gasteiger partial charge in [0.15, 0.2) is 18.1 Å². The maximum Gasteiger partial charge on any atom is 0.331 e. The minimum absolute atomic E-state index is 0.0145.